The predicted octanol–water partition coefficient (Wildman–Crippen LogP) is -3.23. The number of rotatable bonds is 13. The molecule has 198 valence electrons. The van der Waals surface area contributed by atoms with Gasteiger partial charge in [0.05, 0.1) is 25.7 Å². The number of nitrogens with zero attached hydrogens (tertiary/aromatic N) is 4. The first-order valence-corrected chi connectivity index (χ1v) is 12.1. The summed E-state index contributed by atoms with van der Waals surface area (Å²) in [6, 6.07) is 0. The summed E-state index contributed by atoms with van der Waals surface area (Å²) < 4.78 is 15.1. The quantitative estimate of drug-likeness (QED) is 0.0814. The molecule has 0 aromatic carbocycles. The van der Waals surface area contributed by atoms with Crippen LogP contribution in [-0.2, 0) is 23.5 Å². The highest BCUT2D eigenvalue weighted by Gasteiger charge is 2.21. The van der Waals surface area contributed by atoms with E-state index in [4.69, 9.17) is 4.89 Å². The third-order valence-corrected chi connectivity index (χ3v) is 5.54. The molecular weight excluding hydrogens is 477 g/mol. The smallest absolute Gasteiger partial charge is 0.317 e. The second-order valence-electron chi connectivity index (χ2n) is 7.97. The molecule has 0 amide bonds. The first-order chi connectivity index (χ1) is 16.0. The van der Waals surface area contributed by atoms with Gasteiger partial charge in [-0.3, -0.25) is 48.4 Å². The first-order valence-electron chi connectivity index (χ1n) is 10.8. The van der Waals surface area contributed by atoms with E-state index >= 15 is 0 Å². The fourth-order valence-corrected chi connectivity index (χ4v) is 3.74. The topological polar surface area (TPSA) is 204 Å². The van der Waals surface area contributed by atoms with Crippen LogP contribution in [0.1, 0.15) is 0 Å². The lowest BCUT2D eigenvalue weighted by atomic mass is 10.2. The molecule has 1 saturated heterocycles. The van der Waals surface area contributed by atoms with E-state index in [1.807, 2.05) is 4.90 Å². The Morgan fingerprint density at radius 3 is 1.44 bits per heavy atom. The highest BCUT2D eigenvalue weighted by molar-refractivity contribution is 7.32. The first kappa shape index (κ1) is 30.4. The lowest BCUT2D eigenvalue weighted by Crippen LogP contribution is -2.50. The van der Waals surface area contributed by atoms with Gasteiger partial charge in [-0.15, -0.1) is 0 Å². The minimum Gasteiger partial charge on any atom is -0.480 e. The van der Waals surface area contributed by atoms with Crippen molar-refractivity contribution in [2.45, 2.75) is 6.10 Å². The summed E-state index contributed by atoms with van der Waals surface area (Å²) in [6.45, 7) is 2.15. The molecule has 0 bridgehead atoms. The molecule has 1 aliphatic rings. The summed E-state index contributed by atoms with van der Waals surface area (Å²) in [6.07, 6.45) is -0.857. The predicted molar refractivity (Wildman–Crippen MR) is 120 cm³/mol. The molecule has 15 nitrogen and oxygen atoms in total. The zero-order chi connectivity index (χ0) is 25.5. The average Bonchev–Trinajstić information content (AvgIpc) is 2.71. The van der Waals surface area contributed by atoms with E-state index in [-0.39, 0.29) is 39.5 Å². The summed E-state index contributed by atoms with van der Waals surface area (Å²) >= 11 is 0. The van der Waals surface area contributed by atoms with Crippen molar-refractivity contribution in [2.24, 2.45) is 0 Å². The van der Waals surface area contributed by atoms with Crippen LogP contribution in [0, 0.1) is 0 Å². The van der Waals surface area contributed by atoms with E-state index in [1.165, 1.54) is 0 Å². The average molecular weight is 513 g/mol. The lowest BCUT2D eigenvalue weighted by Gasteiger charge is -2.33. The molecule has 0 radical (unpaired) electrons. The number of carboxylic acid groups (broad SMARTS) is 3. The number of nitrogens with one attached hydrogen (secondary N) is 1. The number of β-amino-alcohol motifs (C(OH)–C–C–N with tert-alkyl or cyclic N) is 1. The van der Waals surface area contributed by atoms with Crippen LogP contribution in [0.4, 0.5) is 0 Å². The standard InChI is InChI=1S/C18H36N5O10P/c24-15(9-19-14-33-34(31)32)10-20-1-3-21(11-16(25)26)5-7-23(13-18(29)30)8-6-22(4-2-20)12-17(27)28/h15,19,24,34H,1-14H2,(H,25,26)(H,27,28)(H,29,30)(H,31,32). The van der Waals surface area contributed by atoms with Crippen molar-refractivity contribution in [3.8, 4) is 0 Å². The van der Waals surface area contributed by atoms with Crippen molar-refractivity contribution in [2.75, 3.05) is 91.8 Å². The minimum atomic E-state index is -3.07. The van der Waals surface area contributed by atoms with Crippen LogP contribution in [0.3, 0.4) is 0 Å². The normalized spacial score (nSPS) is 20.2. The van der Waals surface area contributed by atoms with Gasteiger partial charge in [-0.2, -0.15) is 0 Å². The summed E-state index contributed by atoms with van der Waals surface area (Å²) in [5.74, 6) is -3.04. The molecule has 1 rings (SSSR count). The zero-order valence-corrected chi connectivity index (χ0v) is 20.0. The minimum absolute atomic E-state index is 0.0907. The van der Waals surface area contributed by atoms with Crippen LogP contribution in [0.5, 0.6) is 0 Å². The van der Waals surface area contributed by atoms with Gasteiger partial charge in [-0.05, 0) is 0 Å². The number of carbonyl (C=O) groups is 3. The van der Waals surface area contributed by atoms with Crippen molar-refractivity contribution in [3.05, 3.63) is 0 Å². The molecule has 2 atom stereocenters. The molecule has 16 heteroatoms. The summed E-state index contributed by atoms with van der Waals surface area (Å²) in [5.41, 5.74) is 0. The van der Waals surface area contributed by atoms with Crippen LogP contribution >= 0.6 is 8.25 Å². The highest BCUT2D eigenvalue weighted by atomic mass is 31.1. The Kier molecular flexibility index (Phi) is 15.1. The number of hydrogen-bond acceptors (Lipinski definition) is 11. The molecule has 0 spiro atoms. The molecule has 6 N–H and O–H groups in total. The summed E-state index contributed by atoms with van der Waals surface area (Å²) in [4.78, 5) is 49.3. The molecule has 0 aromatic heterocycles. The van der Waals surface area contributed by atoms with Gasteiger partial charge in [0.25, 0.3) is 0 Å². The fraction of sp³-hybridized carbons (Fsp3) is 0.833. The maximum atomic E-state index is 11.3. The maximum Gasteiger partial charge on any atom is 0.317 e. The van der Waals surface area contributed by atoms with Gasteiger partial charge in [-0.1, -0.05) is 0 Å². The van der Waals surface area contributed by atoms with Crippen LogP contribution < -0.4 is 5.32 Å². The highest BCUT2D eigenvalue weighted by Crippen LogP contribution is 2.12. The molecule has 1 aliphatic heterocycles. The molecule has 0 aliphatic carbocycles. The number of aliphatic hydroxyl groups is 1. The van der Waals surface area contributed by atoms with E-state index in [2.05, 4.69) is 9.84 Å². The molecule has 1 fully saturated rings. The molecule has 1 heterocycles. The van der Waals surface area contributed by atoms with Gasteiger partial charge in [0.2, 0.25) is 0 Å². The number of carboxylic acids is 3. The van der Waals surface area contributed by atoms with Crippen LogP contribution in [0.15, 0.2) is 0 Å². The third-order valence-electron chi connectivity index (χ3n) is 5.15. The maximum absolute atomic E-state index is 11.3. The van der Waals surface area contributed by atoms with E-state index in [0.29, 0.717) is 52.4 Å². The Balaban J connectivity index is 2.84. The van der Waals surface area contributed by atoms with Crippen molar-refractivity contribution in [1.82, 2.24) is 24.9 Å². The van der Waals surface area contributed by atoms with Gasteiger partial charge in [0, 0.05) is 65.4 Å². The Morgan fingerprint density at radius 1 is 0.765 bits per heavy atom. The second-order valence-corrected chi connectivity index (χ2v) is 8.79. The van der Waals surface area contributed by atoms with Crippen LogP contribution in [-0.4, -0.2) is 161 Å². The summed E-state index contributed by atoms with van der Waals surface area (Å²) in [7, 11) is -3.07. The number of aliphatic carboxylic acids is 3. The van der Waals surface area contributed by atoms with Gasteiger partial charge in [-0.25, -0.2) is 0 Å². The molecular formula is C18H36N5O10P. The van der Waals surface area contributed by atoms with Crippen LogP contribution in [0.2, 0.25) is 0 Å². The molecule has 0 saturated carbocycles. The number of aliphatic hydroxyl groups excluding tert-OH is 1. The Hall–Kier alpha value is -1.68. The lowest BCUT2D eigenvalue weighted by molar-refractivity contribution is -0.140. The Labute approximate surface area is 198 Å². The monoisotopic (exact) mass is 513 g/mol. The van der Waals surface area contributed by atoms with Crippen molar-refractivity contribution in [3.63, 3.8) is 0 Å². The second kappa shape index (κ2) is 16.9. The molecule has 2 unspecified atom stereocenters. The fourth-order valence-electron chi connectivity index (χ4n) is 3.51. The Bertz CT molecular complexity index is 641. The van der Waals surface area contributed by atoms with E-state index in [0.717, 1.165) is 0 Å². The SMILES string of the molecule is O=C(O)CN1CCN(CC(=O)O)CCN(CC(O)CNCO[PH](=O)O)CCN(CC(=O)O)CC1. The van der Waals surface area contributed by atoms with Crippen LogP contribution in [0.25, 0.3) is 0 Å². The van der Waals surface area contributed by atoms with E-state index in [1.54, 1.807) is 14.7 Å². The van der Waals surface area contributed by atoms with E-state index < -0.39 is 32.3 Å². The van der Waals surface area contributed by atoms with Crippen molar-refractivity contribution >= 4 is 26.2 Å². The molecule has 34 heavy (non-hydrogen) atoms. The van der Waals surface area contributed by atoms with Gasteiger partial charge >= 0.3 is 26.2 Å². The third kappa shape index (κ3) is 15.3. The zero-order valence-electron chi connectivity index (χ0n) is 19.0. The van der Waals surface area contributed by atoms with Crippen molar-refractivity contribution < 1.29 is 48.8 Å². The van der Waals surface area contributed by atoms with Gasteiger partial charge in [0.1, 0.15) is 6.73 Å². The number of hydrogen-bond donors (Lipinski definition) is 6. The molecule has 0 aromatic rings. The van der Waals surface area contributed by atoms with Gasteiger partial charge in [0.15, 0.2) is 0 Å². The Morgan fingerprint density at radius 2 is 1.12 bits per heavy atom. The largest absolute Gasteiger partial charge is 0.480 e. The van der Waals surface area contributed by atoms with Crippen molar-refractivity contribution in [1.29, 1.82) is 0 Å². The van der Waals surface area contributed by atoms with E-state index in [9.17, 15) is 39.4 Å². The van der Waals surface area contributed by atoms with Gasteiger partial charge < -0.3 is 25.3 Å². The summed E-state index contributed by atoms with van der Waals surface area (Å²) in [5, 5.41) is 40.7.